The van der Waals surface area contributed by atoms with Crippen molar-refractivity contribution in [2.24, 2.45) is 22.7 Å². The molecular weight excluding hydrogens is 310 g/mol. The molecule has 138 valence electrons. The Morgan fingerprint density at radius 1 is 1.28 bits per heavy atom. The van der Waals surface area contributed by atoms with Gasteiger partial charge in [-0.3, -0.25) is 4.79 Å². The highest BCUT2D eigenvalue weighted by atomic mass is 16.6. The number of ether oxygens (including phenoxy) is 1. The van der Waals surface area contributed by atoms with Crippen LogP contribution < -0.4 is 0 Å². The summed E-state index contributed by atoms with van der Waals surface area (Å²) < 4.78 is 5.89. The Morgan fingerprint density at radius 3 is 2.84 bits per heavy atom. The maximum absolute atomic E-state index is 12.7. The van der Waals surface area contributed by atoms with E-state index in [2.05, 4.69) is 44.7 Å². The summed E-state index contributed by atoms with van der Waals surface area (Å²) in [5.74, 6) is 0.326. The van der Waals surface area contributed by atoms with Crippen molar-refractivity contribution in [1.82, 2.24) is 4.90 Å². The Bertz CT molecular complexity index is 632. The van der Waals surface area contributed by atoms with E-state index in [4.69, 9.17) is 4.74 Å². The van der Waals surface area contributed by atoms with Gasteiger partial charge in [0.2, 0.25) is 0 Å². The van der Waals surface area contributed by atoms with Gasteiger partial charge < -0.3 is 9.64 Å². The summed E-state index contributed by atoms with van der Waals surface area (Å²) in [6, 6.07) is 0. The first kappa shape index (κ1) is 17.3. The zero-order valence-corrected chi connectivity index (χ0v) is 16.3. The Labute approximate surface area is 152 Å². The van der Waals surface area contributed by atoms with Crippen LogP contribution in [-0.4, -0.2) is 36.6 Å². The largest absolute Gasteiger partial charge is 0.461 e. The van der Waals surface area contributed by atoms with Gasteiger partial charge in [-0.1, -0.05) is 38.5 Å². The molecule has 0 bridgehead atoms. The predicted octanol–water partition coefficient (Wildman–Crippen LogP) is 4.34. The smallest absolute Gasteiger partial charge is 0.311 e. The third-order valence-electron chi connectivity index (χ3n) is 7.13. The number of allylic oxidation sites excluding steroid dienone is 3. The minimum Gasteiger partial charge on any atom is -0.461 e. The molecule has 2 saturated heterocycles. The van der Waals surface area contributed by atoms with E-state index >= 15 is 0 Å². The van der Waals surface area contributed by atoms with Crippen LogP contribution in [-0.2, 0) is 9.53 Å². The van der Waals surface area contributed by atoms with E-state index in [1.54, 1.807) is 0 Å². The average Bonchev–Trinajstić information content (AvgIpc) is 2.79. The first-order valence-corrected chi connectivity index (χ1v) is 10.1. The van der Waals surface area contributed by atoms with Crippen molar-refractivity contribution in [1.29, 1.82) is 0 Å². The summed E-state index contributed by atoms with van der Waals surface area (Å²) in [6.45, 7) is 12.4. The third-order valence-corrected chi connectivity index (χ3v) is 7.13. The highest BCUT2D eigenvalue weighted by Crippen LogP contribution is 2.52. The molecule has 0 saturated carbocycles. The van der Waals surface area contributed by atoms with Crippen LogP contribution in [0.25, 0.3) is 0 Å². The second-order valence-electron chi connectivity index (χ2n) is 9.93. The summed E-state index contributed by atoms with van der Waals surface area (Å²) in [5.41, 5.74) is 3.47. The summed E-state index contributed by atoms with van der Waals surface area (Å²) in [5, 5.41) is 0. The number of likely N-dealkylation sites (tertiary alicyclic amines) is 1. The van der Waals surface area contributed by atoms with Crippen LogP contribution in [0.2, 0.25) is 0 Å². The van der Waals surface area contributed by atoms with E-state index in [0.29, 0.717) is 5.41 Å². The molecule has 0 radical (unpaired) electrons. The van der Waals surface area contributed by atoms with Crippen LogP contribution in [0, 0.1) is 22.7 Å². The summed E-state index contributed by atoms with van der Waals surface area (Å²) in [7, 11) is 0. The van der Waals surface area contributed by atoms with Crippen LogP contribution in [0.15, 0.2) is 23.3 Å². The predicted molar refractivity (Wildman–Crippen MR) is 100 cm³/mol. The van der Waals surface area contributed by atoms with E-state index in [-0.39, 0.29) is 29.3 Å². The van der Waals surface area contributed by atoms with Crippen LogP contribution in [0.1, 0.15) is 59.8 Å². The molecule has 0 spiro atoms. The number of rotatable bonds is 2. The minimum atomic E-state index is 0.0191. The maximum atomic E-state index is 12.7. The molecular formula is C22H33NO2. The third kappa shape index (κ3) is 3.09. The maximum Gasteiger partial charge on any atom is 0.311 e. The van der Waals surface area contributed by atoms with Crippen molar-refractivity contribution >= 4 is 5.97 Å². The quantitative estimate of drug-likeness (QED) is 0.699. The van der Waals surface area contributed by atoms with E-state index in [0.717, 1.165) is 32.5 Å². The fourth-order valence-electron chi connectivity index (χ4n) is 5.82. The van der Waals surface area contributed by atoms with E-state index in [1.807, 2.05) is 0 Å². The van der Waals surface area contributed by atoms with Crippen LogP contribution in [0.5, 0.6) is 0 Å². The Morgan fingerprint density at radius 2 is 2.08 bits per heavy atom. The molecule has 4 atom stereocenters. The molecule has 4 rings (SSSR count). The van der Waals surface area contributed by atoms with Crippen molar-refractivity contribution in [2.75, 3.05) is 19.6 Å². The molecule has 2 heterocycles. The van der Waals surface area contributed by atoms with Gasteiger partial charge in [-0.2, -0.15) is 0 Å². The molecule has 3 heteroatoms. The van der Waals surface area contributed by atoms with Crippen LogP contribution in [0.3, 0.4) is 0 Å². The first-order valence-electron chi connectivity index (χ1n) is 10.1. The second-order valence-corrected chi connectivity index (χ2v) is 9.93. The van der Waals surface area contributed by atoms with Crippen molar-refractivity contribution in [3.63, 3.8) is 0 Å². The highest BCUT2D eigenvalue weighted by Gasteiger charge is 2.51. The normalized spacial score (nSPS) is 40.6. The average molecular weight is 344 g/mol. The van der Waals surface area contributed by atoms with Crippen molar-refractivity contribution in [2.45, 2.75) is 65.9 Å². The zero-order chi connectivity index (χ0) is 17.8. The van der Waals surface area contributed by atoms with Gasteiger partial charge in [0.1, 0.15) is 6.10 Å². The van der Waals surface area contributed by atoms with E-state index < -0.39 is 0 Å². The molecule has 3 nitrogen and oxygen atoms in total. The van der Waals surface area contributed by atoms with E-state index in [1.165, 1.54) is 30.4 Å². The molecule has 0 amide bonds. The number of hydrogen-bond acceptors (Lipinski definition) is 3. The number of carbonyl (C=O) groups is 1. The summed E-state index contributed by atoms with van der Waals surface area (Å²) >= 11 is 0. The lowest BCUT2D eigenvalue weighted by Gasteiger charge is -2.43. The number of nitrogens with zero attached hydrogens (tertiary/aromatic N) is 1. The van der Waals surface area contributed by atoms with Gasteiger partial charge in [0.25, 0.3) is 0 Å². The number of hydrogen-bond donors (Lipinski definition) is 0. The Kier molecular flexibility index (Phi) is 4.14. The summed E-state index contributed by atoms with van der Waals surface area (Å²) in [6.07, 6.45) is 10.7. The number of piperidine rings is 1. The van der Waals surface area contributed by atoms with Crippen molar-refractivity contribution in [3.05, 3.63) is 23.3 Å². The molecule has 0 aromatic rings. The SMILES string of the molecule is CC1=CCC[C@]2(C)C[C@H]3OC(=O)C(CN4CCCC(C)(C)C4)[C@H]3C=C12. The molecule has 1 unspecified atom stereocenters. The monoisotopic (exact) mass is 343 g/mol. The minimum absolute atomic E-state index is 0.0191. The Hall–Kier alpha value is -1.09. The topological polar surface area (TPSA) is 29.5 Å². The van der Waals surface area contributed by atoms with Gasteiger partial charge in [-0.05, 0) is 62.0 Å². The molecule has 2 fully saturated rings. The van der Waals surface area contributed by atoms with Gasteiger partial charge in [0.05, 0.1) is 5.92 Å². The van der Waals surface area contributed by atoms with Crippen molar-refractivity contribution in [3.8, 4) is 0 Å². The molecule has 4 aliphatic rings. The lowest BCUT2D eigenvalue weighted by Crippen LogP contribution is -2.44. The highest BCUT2D eigenvalue weighted by molar-refractivity contribution is 5.76. The Balaban J connectivity index is 1.57. The van der Waals surface area contributed by atoms with Gasteiger partial charge >= 0.3 is 5.97 Å². The zero-order valence-electron chi connectivity index (χ0n) is 16.3. The fourth-order valence-corrected chi connectivity index (χ4v) is 5.82. The van der Waals surface area contributed by atoms with Gasteiger partial charge in [0.15, 0.2) is 0 Å². The summed E-state index contributed by atoms with van der Waals surface area (Å²) in [4.78, 5) is 15.2. The van der Waals surface area contributed by atoms with Crippen LogP contribution >= 0.6 is 0 Å². The molecule has 25 heavy (non-hydrogen) atoms. The second kappa shape index (κ2) is 5.97. The van der Waals surface area contributed by atoms with Gasteiger partial charge in [-0.25, -0.2) is 0 Å². The fraction of sp³-hybridized carbons (Fsp3) is 0.773. The van der Waals surface area contributed by atoms with E-state index in [9.17, 15) is 4.79 Å². The first-order chi connectivity index (χ1) is 11.8. The van der Waals surface area contributed by atoms with Crippen molar-refractivity contribution < 1.29 is 9.53 Å². The van der Waals surface area contributed by atoms with Gasteiger partial charge in [0, 0.05) is 19.0 Å². The van der Waals surface area contributed by atoms with Crippen LogP contribution in [0.4, 0.5) is 0 Å². The molecule has 0 aromatic carbocycles. The lowest BCUT2D eigenvalue weighted by molar-refractivity contribution is -0.145. The molecule has 2 aliphatic carbocycles. The molecule has 2 aliphatic heterocycles. The lowest BCUT2D eigenvalue weighted by atomic mass is 9.62. The van der Waals surface area contributed by atoms with Gasteiger partial charge in [-0.15, -0.1) is 0 Å². The number of carbonyl (C=O) groups excluding carboxylic acids is 1. The standard InChI is InChI=1S/C22H33NO2/c1-15-7-5-9-22(4)12-19-16(11-18(15)22)17(20(24)25-19)13-23-10-6-8-21(2,3)14-23/h7,11,16-17,19H,5-6,8-10,12-14H2,1-4H3/t16-,17?,19-,22-/m1/s1. The number of esters is 1. The molecule has 0 N–H and O–H groups in total. The number of fused-ring (bicyclic) bond motifs is 2. The molecule has 0 aromatic heterocycles.